The SMILES string of the molecule is COCCCNC(=S)Nc1ccc(Br)cc1F. The second-order valence-electron chi connectivity index (χ2n) is 3.35. The molecule has 0 aliphatic heterocycles. The van der Waals surface area contributed by atoms with E-state index in [0.717, 1.165) is 6.42 Å². The van der Waals surface area contributed by atoms with Crippen molar-refractivity contribution in [3.8, 4) is 0 Å². The average molecular weight is 321 g/mol. The lowest BCUT2D eigenvalue weighted by molar-refractivity contribution is 0.196. The fraction of sp³-hybridized carbons (Fsp3) is 0.364. The van der Waals surface area contributed by atoms with Crippen LogP contribution in [0.1, 0.15) is 6.42 Å². The lowest BCUT2D eigenvalue weighted by atomic mass is 10.3. The van der Waals surface area contributed by atoms with Crippen LogP contribution in [0.15, 0.2) is 22.7 Å². The molecule has 0 aromatic heterocycles. The number of halogens is 2. The largest absolute Gasteiger partial charge is 0.385 e. The molecule has 1 rings (SSSR count). The van der Waals surface area contributed by atoms with Gasteiger partial charge in [-0.25, -0.2) is 4.39 Å². The van der Waals surface area contributed by atoms with Gasteiger partial charge in [-0.2, -0.15) is 0 Å². The Labute approximate surface area is 114 Å². The highest BCUT2D eigenvalue weighted by Crippen LogP contribution is 2.19. The first kappa shape index (κ1) is 14.3. The molecule has 6 heteroatoms. The summed E-state index contributed by atoms with van der Waals surface area (Å²) < 4.78 is 19.1. The molecule has 0 saturated heterocycles. The summed E-state index contributed by atoms with van der Waals surface area (Å²) in [5.41, 5.74) is 0.359. The fourth-order valence-corrected chi connectivity index (χ4v) is 1.72. The van der Waals surface area contributed by atoms with Gasteiger partial charge >= 0.3 is 0 Å². The second kappa shape index (κ2) is 7.58. The van der Waals surface area contributed by atoms with Crippen molar-refractivity contribution in [2.45, 2.75) is 6.42 Å². The molecule has 17 heavy (non-hydrogen) atoms. The summed E-state index contributed by atoms with van der Waals surface area (Å²) in [4.78, 5) is 0. The first-order valence-corrected chi connectivity index (χ1v) is 6.32. The van der Waals surface area contributed by atoms with Gasteiger partial charge in [0, 0.05) is 24.7 Å². The highest BCUT2D eigenvalue weighted by molar-refractivity contribution is 9.10. The van der Waals surface area contributed by atoms with Crippen LogP contribution < -0.4 is 10.6 Å². The van der Waals surface area contributed by atoms with Crippen molar-refractivity contribution in [1.82, 2.24) is 5.32 Å². The van der Waals surface area contributed by atoms with E-state index in [-0.39, 0.29) is 5.82 Å². The normalized spacial score (nSPS) is 10.1. The number of hydrogen-bond donors (Lipinski definition) is 2. The quantitative estimate of drug-likeness (QED) is 0.645. The zero-order valence-electron chi connectivity index (χ0n) is 9.43. The molecule has 0 heterocycles. The van der Waals surface area contributed by atoms with Gasteiger partial charge in [-0.1, -0.05) is 15.9 Å². The van der Waals surface area contributed by atoms with Gasteiger partial charge in [0.15, 0.2) is 5.11 Å². The van der Waals surface area contributed by atoms with Crippen molar-refractivity contribution in [3.05, 3.63) is 28.5 Å². The highest BCUT2D eigenvalue weighted by atomic mass is 79.9. The predicted octanol–water partition coefficient (Wildman–Crippen LogP) is 2.91. The molecule has 0 aliphatic rings. The maximum atomic E-state index is 13.5. The minimum absolute atomic E-state index is 0.347. The van der Waals surface area contributed by atoms with Crippen LogP contribution in [-0.4, -0.2) is 25.4 Å². The van der Waals surface area contributed by atoms with Crippen molar-refractivity contribution in [2.75, 3.05) is 25.6 Å². The van der Waals surface area contributed by atoms with Crippen molar-refractivity contribution < 1.29 is 9.13 Å². The topological polar surface area (TPSA) is 33.3 Å². The summed E-state index contributed by atoms with van der Waals surface area (Å²) in [7, 11) is 1.65. The van der Waals surface area contributed by atoms with E-state index in [1.165, 1.54) is 6.07 Å². The Bertz CT molecular complexity index is 390. The van der Waals surface area contributed by atoms with Gasteiger partial charge in [-0.15, -0.1) is 0 Å². The Balaban J connectivity index is 2.40. The lowest BCUT2D eigenvalue weighted by Gasteiger charge is -2.11. The number of rotatable bonds is 5. The molecular weight excluding hydrogens is 307 g/mol. The molecule has 0 amide bonds. The van der Waals surface area contributed by atoms with Gasteiger partial charge in [0.25, 0.3) is 0 Å². The molecule has 3 nitrogen and oxygen atoms in total. The molecule has 0 spiro atoms. The van der Waals surface area contributed by atoms with Gasteiger partial charge in [0.2, 0.25) is 0 Å². The number of nitrogens with one attached hydrogen (secondary N) is 2. The third-order valence-corrected chi connectivity index (χ3v) is 2.73. The Hall–Kier alpha value is -0.720. The van der Waals surface area contributed by atoms with Crippen LogP contribution in [0.3, 0.4) is 0 Å². The summed E-state index contributed by atoms with van der Waals surface area (Å²) in [6, 6.07) is 4.76. The van der Waals surface area contributed by atoms with Gasteiger partial charge in [0.1, 0.15) is 5.82 Å². The molecule has 0 unspecified atom stereocenters. The van der Waals surface area contributed by atoms with Crippen LogP contribution in [-0.2, 0) is 4.74 Å². The van der Waals surface area contributed by atoms with E-state index < -0.39 is 0 Å². The van der Waals surface area contributed by atoms with E-state index in [1.807, 2.05) is 0 Å². The van der Waals surface area contributed by atoms with Crippen molar-refractivity contribution >= 4 is 38.9 Å². The lowest BCUT2D eigenvalue weighted by Crippen LogP contribution is -2.30. The summed E-state index contributed by atoms with van der Waals surface area (Å²) in [5, 5.41) is 6.17. The van der Waals surface area contributed by atoms with E-state index in [9.17, 15) is 4.39 Å². The van der Waals surface area contributed by atoms with Crippen LogP contribution in [0, 0.1) is 5.82 Å². The first-order valence-electron chi connectivity index (χ1n) is 5.12. The summed E-state index contributed by atoms with van der Waals surface area (Å²) >= 11 is 8.23. The van der Waals surface area contributed by atoms with Crippen LogP contribution in [0.4, 0.5) is 10.1 Å². The second-order valence-corrected chi connectivity index (χ2v) is 4.68. The zero-order valence-corrected chi connectivity index (χ0v) is 11.8. The summed E-state index contributed by atoms with van der Waals surface area (Å²) in [6.45, 7) is 1.36. The minimum Gasteiger partial charge on any atom is -0.385 e. The number of benzene rings is 1. The molecule has 0 radical (unpaired) electrons. The number of thiocarbonyl (C=S) groups is 1. The average Bonchev–Trinajstić information content (AvgIpc) is 2.28. The third-order valence-electron chi connectivity index (χ3n) is 1.99. The molecule has 1 aromatic rings. The van der Waals surface area contributed by atoms with Gasteiger partial charge in [-0.3, -0.25) is 0 Å². The molecule has 0 aliphatic carbocycles. The smallest absolute Gasteiger partial charge is 0.170 e. The van der Waals surface area contributed by atoms with Gasteiger partial charge < -0.3 is 15.4 Å². The maximum Gasteiger partial charge on any atom is 0.170 e. The number of anilines is 1. The van der Waals surface area contributed by atoms with E-state index in [4.69, 9.17) is 17.0 Å². The van der Waals surface area contributed by atoms with Crippen LogP contribution >= 0.6 is 28.1 Å². The van der Waals surface area contributed by atoms with Gasteiger partial charge in [0.05, 0.1) is 5.69 Å². The molecule has 2 N–H and O–H groups in total. The Morgan fingerprint density at radius 2 is 2.29 bits per heavy atom. The standard InChI is InChI=1S/C11H14BrFN2OS/c1-16-6-2-5-14-11(17)15-10-4-3-8(12)7-9(10)13/h3-4,7H,2,5-6H2,1H3,(H2,14,15,17). The molecular formula is C11H14BrFN2OS. The van der Waals surface area contributed by atoms with E-state index >= 15 is 0 Å². The molecule has 0 atom stereocenters. The minimum atomic E-state index is -0.347. The van der Waals surface area contributed by atoms with Crippen LogP contribution in [0.2, 0.25) is 0 Å². The first-order chi connectivity index (χ1) is 8.13. The molecule has 94 valence electrons. The van der Waals surface area contributed by atoms with Crippen LogP contribution in [0.5, 0.6) is 0 Å². The Morgan fingerprint density at radius 3 is 2.94 bits per heavy atom. The van der Waals surface area contributed by atoms with Gasteiger partial charge in [-0.05, 0) is 36.8 Å². The predicted molar refractivity (Wildman–Crippen MR) is 74.8 cm³/mol. The number of methoxy groups -OCH3 is 1. The fourth-order valence-electron chi connectivity index (χ4n) is 1.18. The summed E-state index contributed by atoms with van der Waals surface area (Å²) in [6.07, 6.45) is 0.848. The highest BCUT2D eigenvalue weighted by Gasteiger charge is 2.04. The van der Waals surface area contributed by atoms with Crippen molar-refractivity contribution in [1.29, 1.82) is 0 Å². The molecule has 0 bridgehead atoms. The Morgan fingerprint density at radius 1 is 1.53 bits per heavy atom. The summed E-state index contributed by atoms with van der Waals surface area (Å²) in [5.74, 6) is -0.347. The van der Waals surface area contributed by atoms with E-state index in [2.05, 4.69) is 26.6 Å². The molecule has 0 saturated carbocycles. The monoisotopic (exact) mass is 320 g/mol. The molecule has 1 aromatic carbocycles. The number of hydrogen-bond acceptors (Lipinski definition) is 2. The van der Waals surface area contributed by atoms with E-state index in [0.29, 0.717) is 28.4 Å². The van der Waals surface area contributed by atoms with Crippen molar-refractivity contribution in [3.63, 3.8) is 0 Å². The third kappa shape index (κ3) is 5.43. The van der Waals surface area contributed by atoms with E-state index in [1.54, 1.807) is 19.2 Å². The van der Waals surface area contributed by atoms with Crippen LogP contribution in [0.25, 0.3) is 0 Å². The number of ether oxygens (including phenoxy) is 1. The Kier molecular flexibility index (Phi) is 6.39. The molecule has 0 fully saturated rings. The van der Waals surface area contributed by atoms with Crippen molar-refractivity contribution in [2.24, 2.45) is 0 Å². The maximum absolute atomic E-state index is 13.5. The zero-order chi connectivity index (χ0) is 12.7.